The highest BCUT2D eigenvalue weighted by Crippen LogP contribution is 2.50. The van der Waals surface area contributed by atoms with Gasteiger partial charge in [0.05, 0.1) is 10.6 Å². The van der Waals surface area contributed by atoms with Crippen LogP contribution in [0.2, 0.25) is 0 Å². The number of anilines is 1. The molecule has 0 bridgehead atoms. The fourth-order valence-electron chi connectivity index (χ4n) is 7.79. The van der Waals surface area contributed by atoms with Crippen LogP contribution in [0.15, 0.2) is 16.8 Å². The zero-order chi connectivity index (χ0) is 49.7. The Morgan fingerprint density at radius 3 is 1.78 bits per heavy atom. The lowest BCUT2D eigenvalue weighted by Gasteiger charge is -2.41. The Bertz CT molecular complexity index is 1740. The monoisotopic (exact) mass is 991 g/mol. The first-order valence-corrected chi connectivity index (χ1v) is 26.0. The topological polar surface area (TPSA) is 336 Å². The smallest absolute Gasteiger partial charge is 0.377 e. The van der Waals surface area contributed by atoms with Gasteiger partial charge in [-0.05, 0) is 48.5 Å². The maximum Gasteiger partial charge on any atom is 0.377 e. The summed E-state index contributed by atoms with van der Waals surface area (Å²) in [6.07, 6.45) is 7.94. The summed E-state index contributed by atoms with van der Waals surface area (Å²) in [4.78, 5) is 72.0. The van der Waals surface area contributed by atoms with Crippen LogP contribution in [0.5, 0.6) is 0 Å². The van der Waals surface area contributed by atoms with E-state index in [1.807, 2.05) is 0 Å². The van der Waals surface area contributed by atoms with Gasteiger partial charge in [0.25, 0.3) is 4.92 Å². The molecule has 1 aliphatic carbocycles. The molecule has 9 N–H and O–H groups in total. The number of unbranched alkanes of at least 4 members (excludes halogenated alkanes) is 18. The predicted octanol–water partition coefficient (Wildman–Crippen LogP) is 4.64. The Labute approximate surface area is 398 Å². The maximum absolute atomic E-state index is 12.8. The van der Waals surface area contributed by atoms with Crippen molar-refractivity contribution in [1.29, 1.82) is 0 Å². The second-order valence-electron chi connectivity index (χ2n) is 17.5. The van der Waals surface area contributed by atoms with Gasteiger partial charge in [-0.2, -0.15) is 13.9 Å². The molecule has 22 nitrogen and oxygen atoms in total. The van der Waals surface area contributed by atoms with E-state index in [2.05, 4.69) is 27.9 Å². The van der Waals surface area contributed by atoms with E-state index < -0.39 is 76.1 Å². The average Bonchev–Trinajstić information content (AvgIpc) is 3.81. The van der Waals surface area contributed by atoms with Crippen LogP contribution in [0.3, 0.4) is 0 Å². The largest absolute Gasteiger partial charge is 0.606 e. The van der Waals surface area contributed by atoms with Gasteiger partial charge in [0.2, 0.25) is 11.4 Å². The molecule has 1 aliphatic rings. The highest BCUT2D eigenvalue weighted by Gasteiger charge is 2.53. The highest BCUT2D eigenvalue weighted by molar-refractivity contribution is 7.52. The predicted molar refractivity (Wildman–Crippen MR) is 246 cm³/mol. The van der Waals surface area contributed by atoms with Crippen molar-refractivity contribution in [3.8, 4) is 0 Å². The number of fused-ring (bicyclic) bond motifs is 1. The summed E-state index contributed by atoms with van der Waals surface area (Å²) in [6.45, 7) is 1.86. The fourth-order valence-corrected chi connectivity index (χ4v) is 8.76. The van der Waals surface area contributed by atoms with Gasteiger partial charge in [-0.3, -0.25) is 14.4 Å². The molecule has 0 saturated heterocycles. The van der Waals surface area contributed by atoms with E-state index in [-0.39, 0.29) is 34.9 Å². The minimum Gasteiger partial charge on any atom is -0.606 e. The van der Waals surface area contributed by atoms with Gasteiger partial charge in [0, 0.05) is 38.4 Å². The van der Waals surface area contributed by atoms with Crippen molar-refractivity contribution < 1.29 is 83.0 Å². The molecule has 3 unspecified atom stereocenters. The van der Waals surface area contributed by atoms with Gasteiger partial charge in [0.1, 0.15) is 43.7 Å². The molecule has 1 fully saturated rings. The van der Waals surface area contributed by atoms with Crippen molar-refractivity contribution in [3.63, 3.8) is 0 Å². The van der Waals surface area contributed by atoms with Crippen LogP contribution in [-0.4, -0.2) is 138 Å². The number of ether oxygens (including phenoxy) is 2. The summed E-state index contributed by atoms with van der Waals surface area (Å²) in [5, 5.41) is 72.9. The number of carbonyl (C=O) groups is 3. The van der Waals surface area contributed by atoms with Crippen molar-refractivity contribution in [2.45, 2.75) is 204 Å². The van der Waals surface area contributed by atoms with Crippen LogP contribution in [0.4, 0.5) is 11.4 Å². The standard InChI is InChI=1S/C45H76N5O17P/c1-2-3-4-5-6-7-8-9-10-11-12-13-14-15-19-25-37(53)65-32(31-64-68(61,62)66-45-43(57)41(55)40(54)42(56)44(45)58)30-63-36(52)24-20-17-22-29-47-35(51)23-18-16-21-28-46-33-26-27-34(50(59)60)39-38(33)48-67-49-39/h26-27,32,40-45,54-58H,2-25,28-31H2,1H3,(H3-,46,47,49,51,59,60,61,62)/p+1/t32-,40?,41-,42+,43+,44+,45?/m0/s1. The van der Waals surface area contributed by atoms with Crippen LogP contribution in [0, 0.1) is 4.91 Å². The third-order valence-electron chi connectivity index (χ3n) is 11.8. The highest BCUT2D eigenvalue weighted by atomic mass is 31.2. The SMILES string of the molecule is CCCCCCCCCCCCCCCCCC(=O)O[C@@H](COC(=O)CCCCCNC(=O)CCCCCNc1ccc([N+](=O)O)c2nonc12)CO[P+]([O-])(O)OC1[C@H](O)[C@H](O)C(O)[C@H](O)[C@H]1O. The molecule has 8 atom stereocenters. The summed E-state index contributed by atoms with van der Waals surface area (Å²) in [5.74, 6) is -1.39. The minimum atomic E-state index is -5.18. The van der Waals surface area contributed by atoms with Crippen LogP contribution in [-0.2, 0) is 32.9 Å². The lowest BCUT2D eigenvalue weighted by Crippen LogP contribution is -2.64. The molecular weight excluding hydrogens is 913 g/mol. The van der Waals surface area contributed by atoms with Gasteiger partial charge < -0.3 is 50.5 Å². The fraction of sp³-hybridized carbons (Fsp3) is 0.800. The molecule has 1 aromatic heterocycles. The van der Waals surface area contributed by atoms with Gasteiger partial charge in [0.15, 0.2) is 17.7 Å². The number of aliphatic hydroxyl groups excluding tert-OH is 5. The van der Waals surface area contributed by atoms with Crippen molar-refractivity contribution in [1.82, 2.24) is 15.6 Å². The number of hydrogen-bond acceptors (Lipinski definition) is 19. The molecule has 1 aromatic carbocycles. The van der Waals surface area contributed by atoms with E-state index in [1.165, 1.54) is 70.3 Å². The Morgan fingerprint density at radius 1 is 0.691 bits per heavy atom. The van der Waals surface area contributed by atoms with Crippen molar-refractivity contribution in [2.75, 3.05) is 31.6 Å². The molecule has 0 spiro atoms. The molecule has 1 heterocycles. The molecule has 2 aromatic rings. The number of hydrogen-bond donors (Lipinski definition) is 9. The number of esters is 2. The van der Waals surface area contributed by atoms with E-state index in [9.17, 15) is 59.8 Å². The third-order valence-corrected chi connectivity index (χ3v) is 12.8. The van der Waals surface area contributed by atoms with E-state index in [0.717, 1.165) is 38.5 Å². The summed E-state index contributed by atoms with van der Waals surface area (Å²) in [5.41, 5.74) is 0.932. The number of carbonyl (C=O) groups excluding carboxylic acids is 3. The van der Waals surface area contributed by atoms with Gasteiger partial charge in [-0.25, -0.2) is 9.84 Å². The van der Waals surface area contributed by atoms with Gasteiger partial charge in [-0.15, -0.1) is 0 Å². The molecule has 1 amide bonds. The van der Waals surface area contributed by atoms with Gasteiger partial charge >= 0.3 is 25.8 Å². The summed E-state index contributed by atoms with van der Waals surface area (Å²) < 4.78 is 25.3. The third kappa shape index (κ3) is 22.4. The lowest BCUT2D eigenvalue weighted by atomic mass is 9.85. The second kappa shape index (κ2) is 33.0. The average molecular weight is 991 g/mol. The number of phosphoric ester groups is 1. The zero-order valence-corrected chi connectivity index (χ0v) is 40.4. The molecule has 0 aliphatic heterocycles. The van der Waals surface area contributed by atoms with Crippen molar-refractivity contribution in [2.24, 2.45) is 0 Å². The van der Waals surface area contributed by atoms with E-state index in [0.29, 0.717) is 62.8 Å². The number of nitrogens with one attached hydrogen (secondary N) is 2. The number of aliphatic hydroxyl groups is 5. The zero-order valence-electron chi connectivity index (χ0n) is 39.5. The maximum atomic E-state index is 12.8. The number of nitrogens with zero attached hydrogens (tertiary/aromatic N) is 3. The van der Waals surface area contributed by atoms with Crippen LogP contribution in [0.1, 0.15) is 161 Å². The molecule has 1 saturated carbocycles. The Kier molecular flexibility index (Phi) is 28.4. The number of aromatic nitrogens is 2. The molecule has 3 rings (SSSR count). The van der Waals surface area contributed by atoms with E-state index >= 15 is 0 Å². The number of phosphoric acid groups is 1. The first kappa shape index (κ1) is 58.6. The van der Waals surface area contributed by atoms with Gasteiger partial charge in [-0.1, -0.05) is 110 Å². The molecule has 23 heteroatoms. The Balaban J connectivity index is 1.32. The second-order valence-corrected chi connectivity index (χ2v) is 19.0. The number of rotatable bonds is 38. The minimum absolute atomic E-state index is 0.000443. The normalized spacial score (nSPS) is 20.7. The molecule has 68 heavy (non-hydrogen) atoms. The first-order valence-electron chi connectivity index (χ1n) is 24.5. The molecule has 388 valence electrons. The van der Waals surface area contributed by atoms with Crippen molar-refractivity contribution in [3.05, 3.63) is 17.0 Å². The number of benzene rings is 1. The Hall–Kier alpha value is -3.70. The van der Waals surface area contributed by atoms with Crippen LogP contribution < -0.4 is 15.5 Å². The quantitative estimate of drug-likeness (QED) is 0.0191. The molecule has 0 radical (unpaired) electrons. The summed E-state index contributed by atoms with van der Waals surface area (Å²) >= 11 is 0. The van der Waals surface area contributed by atoms with Crippen LogP contribution >= 0.6 is 8.17 Å². The molecular formula is C45H77N5O17P+. The van der Waals surface area contributed by atoms with E-state index in [4.69, 9.17) is 23.2 Å². The lowest BCUT2D eigenvalue weighted by molar-refractivity contribution is -0.728. The summed E-state index contributed by atoms with van der Waals surface area (Å²) in [6, 6.07) is 2.98. The Morgan fingerprint density at radius 2 is 1.19 bits per heavy atom. The number of amides is 1. The van der Waals surface area contributed by atoms with E-state index in [1.54, 1.807) is 6.07 Å². The van der Waals surface area contributed by atoms with Crippen molar-refractivity contribution >= 4 is 48.4 Å². The summed E-state index contributed by atoms with van der Waals surface area (Å²) in [7, 11) is -5.18. The first-order chi connectivity index (χ1) is 32.6. The van der Waals surface area contributed by atoms with Crippen LogP contribution in [0.25, 0.3) is 11.0 Å².